The Balaban J connectivity index is 1.78. The van der Waals surface area contributed by atoms with E-state index in [1.54, 1.807) is 11.8 Å². The summed E-state index contributed by atoms with van der Waals surface area (Å²) in [5.74, 6) is 1.38. The molecule has 2 rings (SSSR count). The standard InChI is InChI=1S/C15H20ClNO2S/c16-13-4-1-3-12(9-13)10-20-11-15(19)17(7-8-18)14-5-2-6-14/h1,3-4,9,14,18H,2,5-8,10-11H2. The number of rotatable bonds is 7. The number of carbonyl (C=O) groups is 1. The van der Waals surface area contributed by atoms with E-state index in [0.717, 1.165) is 29.2 Å². The third-order valence-corrected chi connectivity index (χ3v) is 4.78. The number of carbonyl (C=O) groups excluding carboxylic acids is 1. The van der Waals surface area contributed by atoms with Crippen molar-refractivity contribution in [1.82, 2.24) is 4.90 Å². The fourth-order valence-corrected chi connectivity index (χ4v) is 3.35. The molecule has 20 heavy (non-hydrogen) atoms. The van der Waals surface area contributed by atoms with Crippen molar-refractivity contribution in [1.29, 1.82) is 0 Å². The Labute approximate surface area is 129 Å². The van der Waals surface area contributed by atoms with Crippen molar-refractivity contribution in [3.8, 4) is 0 Å². The number of hydrogen-bond donors (Lipinski definition) is 1. The van der Waals surface area contributed by atoms with E-state index in [0.29, 0.717) is 18.3 Å². The minimum atomic E-state index is 0.0429. The summed E-state index contributed by atoms with van der Waals surface area (Å²) in [6, 6.07) is 8.06. The van der Waals surface area contributed by atoms with Crippen molar-refractivity contribution in [3.63, 3.8) is 0 Å². The van der Waals surface area contributed by atoms with Gasteiger partial charge in [-0.15, -0.1) is 11.8 Å². The number of amides is 1. The predicted octanol–water partition coefficient (Wildman–Crippen LogP) is 2.95. The first-order valence-electron chi connectivity index (χ1n) is 6.93. The molecule has 1 saturated carbocycles. The molecule has 1 aliphatic carbocycles. The van der Waals surface area contributed by atoms with E-state index in [-0.39, 0.29) is 12.5 Å². The second-order valence-electron chi connectivity index (χ2n) is 5.02. The number of aliphatic hydroxyl groups excluding tert-OH is 1. The zero-order chi connectivity index (χ0) is 14.4. The van der Waals surface area contributed by atoms with Crippen LogP contribution in [0.1, 0.15) is 24.8 Å². The third-order valence-electron chi connectivity index (χ3n) is 3.56. The number of thioether (sulfide) groups is 1. The highest BCUT2D eigenvalue weighted by molar-refractivity contribution is 7.99. The molecule has 110 valence electrons. The molecule has 0 radical (unpaired) electrons. The molecule has 5 heteroatoms. The Morgan fingerprint density at radius 3 is 2.85 bits per heavy atom. The van der Waals surface area contributed by atoms with Crippen molar-refractivity contribution < 1.29 is 9.90 Å². The van der Waals surface area contributed by atoms with Crippen molar-refractivity contribution in [2.45, 2.75) is 31.1 Å². The Morgan fingerprint density at radius 1 is 1.45 bits per heavy atom. The van der Waals surface area contributed by atoms with E-state index >= 15 is 0 Å². The molecule has 1 fully saturated rings. The highest BCUT2D eigenvalue weighted by Gasteiger charge is 2.27. The van der Waals surface area contributed by atoms with Crippen LogP contribution in [0.5, 0.6) is 0 Å². The van der Waals surface area contributed by atoms with Crippen LogP contribution in [-0.4, -0.2) is 40.9 Å². The zero-order valence-electron chi connectivity index (χ0n) is 11.4. The van der Waals surface area contributed by atoms with Crippen LogP contribution in [0.2, 0.25) is 5.02 Å². The van der Waals surface area contributed by atoms with Crippen LogP contribution in [0.3, 0.4) is 0 Å². The van der Waals surface area contributed by atoms with Gasteiger partial charge >= 0.3 is 0 Å². The van der Waals surface area contributed by atoms with Crippen LogP contribution in [0.15, 0.2) is 24.3 Å². The number of benzene rings is 1. The fourth-order valence-electron chi connectivity index (χ4n) is 2.28. The molecular weight excluding hydrogens is 294 g/mol. The van der Waals surface area contributed by atoms with E-state index in [9.17, 15) is 4.79 Å². The largest absolute Gasteiger partial charge is 0.395 e. The monoisotopic (exact) mass is 313 g/mol. The zero-order valence-corrected chi connectivity index (χ0v) is 13.0. The van der Waals surface area contributed by atoms with Crippen LogP contribution in [-0.2, 0) is 10.5 Å². The summed E-state index contributed by atoms with van der Waals surface area (Å²) in [6.07, 6.45) is 3.34. The number of nitrogens with zero attached hydrogens (tertiary/aromatic N) is 1. The molecule has 0 aliphatic heterocycles. The van der Waals surface area contributed by atoms with Gasteiger partial charge in [0.15, 0.2) is 0 Å². The average molecular weight is 314 g/mol. The van der Waals surface area contributed by atoms with Gasteiger partial charge in [0.1, 0.15) is 0 Å². The maximum absolute atomic E-state index is 12.2. The van der Waals surface area contributed by atoms with E-state index in [4.69, 9.17) is 16.7 Å². The van der Waals surface area contributed by atoms with Crippen LogP contribution in [0.25, 0.3) is 0 Å². The molecule has 0 spiro atoms. The van der Waals surface area contributed by atoms with Gasteiger partial charge in [0.2, 0.25) is 5.91 Å². The minimum Gasteiger partial charge on any atom is -0.395 e. The summed E-state index contributed by atoms with van der Waals surface area (Å²) < 4.78 is 0. The maximum atomic E-state index is 12.2. The normalized spacial score (nSPS) is 14.9. The van der Waals surface area contributed by atoms with E-state index < -0.39 is 0 Å². The molecule has 1 N–H and O–H groups in total. The van der Waals surface area contributed by atoms with Gasteiger partial charge in [-0.1, -0.05) is 23.7 Å². The summed E-state index contributed by atoms with van der Waals surface area (Å²) in [6.45, 7) is 0.502. The first kappa shape index (κ1) is 15.7. The topological polar surface area (TPSA) is 40.5 Å². The van der Waals surface area contributed by atoms with Gasteiger partial charge < -0.3 is 10.0 Å². The van der Waals surface area contributed by atoms with Gasteiger partial charge in [0.05, 0.1) is 12.4 Å². The lowest BCUT2D eigenvalue weighted by Crippen LogP contribution is -2.46. The van der Waals surface area contributed by atoms with Crippen molar-refractivity contribution in [2.75, 3.05) is 18.9 Å². The molecule has 0 unspecified atom stereocenters. The second kappa shape index (κ2) is 7.91. The van der Waals surface area contributed by atoms with Crippen molar-refractivity contribution in [2.24, 2.45) is 0 Å². The molecule has 0 heterocycles. The van der Waals surface area contributed by atoms with E-state index in [2.05, 4.69) is 0 Å². The highest BCUT2D eigenvalue weighted by atomic mass is 35.5. The number of aliphatic hydroxyl groups is 1. The lowest BCUT2D eigenvalue weighted by Gasteiger charge is -2.37. The Hall–Kier alpha value is -0.710. The van der Waals surface area contributed by atoms with Gasteiger partial charge in [-0.3, -0.25) is 4.79 Å². The minimum absolute atomic E-state index is 0.0429. The van der Waals surface area contributed by atoms with Gasteiger partial charge in [0.25, 0.3) is 0 Å². The summed E-state index contributed by atoms with van der Waals surface area (Å²) in [5.41, 5.74) is 1.13. The van der Waals surface area contributed by atoms with Crippen molar-refractivity contribution in [3.05, 3.63) is 34.9 Å². The SMILES string of the molecule is O=C(CSCc1cccc(Cl)c1)N(CCO)C1CCC1. The Morgan fingerprint density at radius 2 is 2.25 bits per heavy atom. The quantitative estimate of drug-likeness (QED) is 0.841. The molecule has 1 amide bonds. The Kier molecular flexibility index (Phi) is 6.20. The first-order valence-corrected chi connectivity index (χ1v) is 8.46. The molecule has 1 aromatic carbocycles. The van der Waals surface area contributed by atoms with Crippen LogP contribution < -0.4 is 0 Å². The molecule has 1 aliphatic rings. The molecular formula is C15H20ClNO2S. The average Bonchev–Trinajstić information content (AvgIpc) is 2.36. The third kappa shape index (κ3) is 4.40. The lowest BCUT2D eigenvalue weighted by molar-refractivity contribution is -0.132. The van der Waals surface area contributed by atoms with E-state index in [1.807, 2.05) is 29.2 Å². The predicted molar refractivity (Wildman–Crippen MR) is 84.1 cm³/mol. The molecule has 0 atom stereocenters. The van der Waals surface area contributed by atoms with Crippen molar-refractivity contribution >= 4 is 29.3 Å². The highest BCUT2D eigenvalue weighted by Crippen LogP contribution is 2.25. The second-order valence-corrected chi connectivity index (χ2v) is 6.44. The van der Waals surface area contributed by atoms with Gasteiger partial charge in [0, 0.05) is 23.4 Å². The molecule has 0 bridgehead atoms. The molecule has 0 aromatic heterocycles. The summed E-state index contributed by atoms with van der Waals surface area (Å²) in [7, 11) is 0. The van der Waals surface area contributed by atoms with E-state index in [1.165, 1.54) is 6.42 Å². The van der Waals surface area contributed by atoms with Gasteiger partial charge in [-0.25, -0.2) is 0 Å². The van der Waals surface area contributed by atoms with Crippen LogP contribution in [0, 0.1) is 0 Å². The summed E-state index contributed by atoms with van der Waals surface area (Å²) in [4.78, 5) is 14.0. The fraction of sp³-hybridized carbons (Fsp3) is 0.533. The van der Waals surface area contributed by atoms with Crippen LogP contribution in [0.4, 0.5) is 0 Å². The molecule has 0 saturated heterocycles. The van der Waals surface area contributed by atoms with Gasteiger partial charge in [-0.05, 0) is 37.0 Å². The summed E-state index contributed by atoms with van der Waals surface area (Å²) >= 11 is 7.53. The first-order chi connectivity index (χ1) is 9.70. The van der Waals surface area contributed by atoms with Gasteiger partial charge in [-0.2, -0.15) is 0 Å². The molecule has 1 aromatic rings. The smallest absolute Gasteiger partial charge is 0.232 e. The van der Waals surface area contributed by atoms with Crippen LogP contribution >= 0.6 is 23.4 Å². The number of hydrogen-bond acceptors (Lipinski definition) is 3. The lowest BCUT2D eigenvalue weighted by atomic mass is 9.91. The maximum Gasteiger partial charge on any atom is 0.232 e. The Bertz CT molecular complexity index is 451. The number of halogens is 1. The molecule has 3 nitrogen and oxygen atoms in total. The summed E-state index contributed by atoms with van der Waals surface area (Å²) in [5, 5.41) is 9.80.